The Kier molecular flexibility index (Phi) is 4.80. The Balaban J connectivity index is 1.62. The van der Waals surface area contributed by atoms with Gasteiger partial charge in [0.1, 0.15) is 6.04 Å². The van der Waals surface area contributed by atoms with Crippen molar-refractivity contribution in [1.82, 2.24) is 15.3 Å². The molecule has 2 bridgehead atoms. The van der Waals surface area contributed by atoms with E-state index in [4.69, 9.17) is 4.55 Å². The van der Waals surface area contributed by atoms with Crippen LogP contribution in [0.15, 0.2) is 30.3 Å². The van der Waals surface area contributed by atoms with Crippen LogP contribution in [0.3, 0.4) is 0 Å². The molecule has 0 aliphatic carbocycles. The van der Waals surface area contributed by atoms with E-state index >= 15 is 0 Å². The van der Waals surface area contributed by atoms with Gasteiger partial charge in [0.15, 0.2) is 0 Å². The highest BCUT2D eigenvalue weighted by molar-refractivity contribution is 7.80. The molecule has 2 aliphatic rings. The number of amides is 5. The third kappa shape index (κ3) is 3.92. The van der Waals surface area contributed by atoms with Crippen molar-refractivity contribution in [2.24, 2.45) is 0 Å². The fourth-order valence-corrected chi connectivity index (χ4v) is 3.37. The SMILES string of the molecule is O=C(NC(=O)C1CCC2CN1C(=O)N2OS(=O)(=O)O)Nc1ccccc1. The zero-order chi connectivity index (χ0) is 18.9. The number of hydroxylamine groups is 2. The second-order valence-corrected chi connectivity index (χ2v) is 6.82. The maximum Gasteiger partial charge on any atom is 0.418 e. The van der Waals surface area contributed by atoms with Crippen molar-refractivity contribution in [2.45, 2.75) is 24.9 Å². The van der Waals surface area contributed by atoms with Crippen molar-refractivity contribution in [3.63, 3.8) is 0 Å². The average Bonchev–Trinajstić information content (AvgIpc) is 2.79. The quantitative estimate of drug-likeness (QED) is 0.635. The molecule has 12 heteroatoms. The summed E-state index contributed by atoms with van der Waals surface area (Å²) in [5, 5.41) is 5.17. The van der Waals surface area contributed by atoms with Gasteiger partial charge in [0.25, 0.3) is 5.91 Å². The summed E-state index contributed by atoms with van der Waals surface area (Å²) >= 11 is 0. The molecule has 2 atom stereocenters. The molecule has 140 valence electrons. The number of hydrogen-bond donors (Lipinski definition) is 3. The summed E-state index contributed by atoms with van der Waals surface area (Å²) < 4.78 is 34.7. The molecule has 2 aliphatic heterocycles. The lowest BCUT2D eigenvalue weighted by molar-refractivity contribution is -0.124. The minimum atomic E-state index is -4.86. The van der Waals surface area contributed by atoms with Gasteiger partial charge < -0.3 is 10.2 Å². The predicted molar refractivity (Wildman–Crippen MR) is 87.0 cm³/mol. The smallest absolute Gasteiger partial charge is 0.309 e. The fraction of sp³-hybridized carbons (Fsp3) is 0.357. The topological polar surface area (TPSA) is 145 Å². The number of hydrogen-bond acceptors (Lipinski definition) is 6. The number of carbonyl (C=O) groups excluding carboxylic acids is 3. The summed E-state index contributed by atoms with van der Waals surface area (Å²) in [5.74, 6) is -0.695. The minimum Gasteiger partial charge on any atom is -0.309 e. The highest BCUT2D eigenvalue weighted by Crippen LogP contribution is 2.30. The Hall–Kier alpha value is -2.70. The number of rotatable bonds is 4. The van der Waals surface area contributed by atoms with Crippen LogP contribution in [0.5, 0.6) is 0 Å². The van der Waals surface area contributed by atoms with E-state index in [0.717, 1.165) is 4.90 Å². The number of benzene rings is 1. The number of carbonyl (C=O) groups is 3. The van der Waals surface area contributed by atoms with Gasteiger partial charge in [0.05, 0.1) is 6.04 Å². The number of nitrogens with zero attached hydrogens (tertiary/aromatic N) is 2. The highest BCUT2D eigenvalue weighted by Gasteiger charge is 2.49. The third-order valence-corrected chi connectivity index (χ3v) is 4.42. The van der Waals surface area contributed by atoms with Crippen molar-refractivity contribution < 1.29 is 31.6 Å². The zero-order valence-corrected chi connectivity index (χ0v) is 14.2. The molecule has 0 spiro atoms. The van der Waals surface area contributed by atoms with Crippen LogP contribution in [0.25, 0.3) is 0 Å². The Morgan fingerprint density at radius 3 is 2.54 bits per heavy atom. The molecule has 2 heterocycles. The van der Waals surface area contributed by atoms with Crippen molar-refractivity contribution >= 4 is 34.1 Å². The summed E-state index contributed by atoms with van der Waals surface area (Å²) in [4.78, 5) is 37.6. The Morgan fingerprint density at radius 2 is 1.88 bits per heavy atom. The van der Waals surface area contributed by atoms with E-state index in [0.29, 0.717) is 10.8 Å². The van der Waals surface area contributed by atoms with Gasteiger partial charge in [-0.2, -0.15) is 13.5 Å². The molecule has 5 amide bonds. The first-order chi connectivity index (χ1) is 12.2. The predicted octanol–water partition coefficient (Wildman–Crippen LogP) is 0.338. The maximum absolute atomic E-state index is 12.3. The van der Waals surface area contributed by atoms with Gasteiger partial charge in [0.2, 0.25) is 0 Å². The number of para-hydroxylation sites is 1. The number of nitrogens with one attached hydrogen (secondary N) is 2. The molecule has 0 aromatic heterocycles. The van der Waals surface area contributed by atoms with Crippen LogP contribution in [-0.4, -0.2) is 59.5 Å². The third-order valence-electron chi connectivity index (χ3n) is 4.07. The number of imide groups is 1. The second kappa shape index (κ2) is 6.90. The van der Waals surface area contributed by atoms with Crippen LogP contribution >= 0.6 is 0 Å². The Bertz CT molecular complexity index is 829. The van der Waals surface area contributed by atoms with Gasteiger partial charge in [0, 0.05) is 12.2 Å². The van der Waals surface area contributed by atoms with Crippen molar-refractivity contribution in [1.29, 1.82) is 0 Å². The van der Waals surface area contributed by atoms with Gasteiger partial charge in [-0.05, 0) is 25.0 Å². The standard InChI is InChI=1S/C14H16N4O7S/c19-12(16-13(20)15-9-4-2-1-3-5-9)11-7-6-10-8-17(11)14(21)18(10)25-26(22,23)24/h1-5,10-11H,6-8H2,(H,22,23,24)(H2,15,16,19,20). The molecular formula is C14H16N4O7S. The summed E-state index contributed by atoms with van der Waals surface area (Å²) in [5.41, 5.74) is 0.492. The lowest BCUT2D eigenvalue weighted by Gasteiger charge is -2.28. The molecule has 1 aromatic carbocycles. The number of anilines is 1. The first-order valence-electron chi connectivity index (χ1n) is 7.68. The Morgan fingerprint density at radius 1 is 1.19 bits per heavy atom. The largest absolute Gasteiger partial charge is 0.418 e. The van der Waals surface area contributed by atoms with Gasteiger partial charge in [-0.25, -0.2) is 9.59 Å². The van der Waals surface area contributed by atoms with Crippen LogP contribution in [0.1, 0.15) is 12.8 Å². The number of urea groups is 2. The van der Waals surface area contributed by atoms with Crippen LogP contribution in [0.4, 0.5) is 15.3 Å². The van der Waals surface area contributed by atoms with E-state index in [1.165, 1.54) is 0 Å². The molecule has 1 aromatic rings. The molecule has 3 N–H and O–H groups in total. The van der Waals surface area contributed by atoms with Crippen molar-refractivity contribution in [3.8, 4) is 0 Å². The van der Waals surface area contributed by atoms with E-state index in [1.54, 1.807) is 30.3 Å². The molecule has 2 fully saturated rings. The molecule has 11 nitrogen and oxygen atoms in total. The normalized spacial score (nSPS) is 22.3. The van der Waals surface area contributed by atoms with Crippen LogP contribution in [0.2, 0.25) is 0 Å². The maximum atomic E-state index is 12.3. The summed E-state index contributed by atoms with van der Waals surface area (Å²) in [6.45, 7) is 0.0484. The lowest BCUT2D eigenvalue weighted by Crippen LogP contribution is -2.51. The highest BCUT2D eigenvalue weighted by atomic mass is 32.3. The fourth-order valence-electron chi connectivity index (χ4n) is 2.98. The number of piperidine rings is 1. The van der Waals surface area contributed by atoms with Crippen molar-refractivity contribution in [3.05, 3.63) is 30.3 Å². The molecule has 0 radical (unpaired) electrons. The van der Waals surface area contributed by atoms with E-state index in [9.17, 15) is 22.8 Å². The van der Waals surface area contributed by atoms with E-state index in [2.05, 4.69) is 14.9 Å². The van der Waals surface area contributed by atoms with E-state index in [1.807, 2.05) is 0 Å². The van der Waals surface area contributed by atoms with Gasteiger partial charge in [-0.3, -0.25) is 14.7 Å². The number of fused-ring (bicyclic) bond motifs is 2. The average molecular weight is 384 g/mol. The first kappa shape index (κ1) is 18.1. The van der Waals surface area contributed by atoms with Crippen LogP contribution in [-0.2, 0) is 19.5 Å². The molecule has 2 unspecified atom stereocenters. The molecule has 0 saturated carbocycles. The van der Waals surface area contributed by atoms with Gasteiger partial charge in [-0.1, -0.05) is 18.2 Å². The lowest BCUT2D eigenvalue weighted by atomic mass is 10.0. The van der Waals surface area contributed by atoms with E-state index < -0.39 is 40.5 Å². The Labute approximate surface area is 148 Å². The van der Waals surface area contributed by atoms with Gasteiger partial charge in [-0.15, -0.1) is 4.28 Å². The van der Waals surface area contributed by atoms with Crippen LogP contribution in [0, 0.1) is 0 Å². The minimum absolute atomic E-state index is 0.0484. The molecule has 2 saturated heterocycles. The first-order valence-corrected chi connectivity index (χ1v) is 9.05. The second-order valence-electron chi connectivity index (χ2n) is 5.82. The molecule has 26 heavy (non-hydrogen) atoms. The van der Waals surface area contributed by atoms with Gasteiger partial charge >= 0.3 is 22.5 Å². The monoisotopic (exact) mass is 384 g/mol. The van der Waals surface area contributed by atoms with E-state index in [-0.39, 0.29) is 19.4 Å². The van der Waals surface area contributed by atoms with Crippen molar-refractivity contribution in [2.75, 3.05) is 11.9 Å². The summed E-state index contributed by atoms with van der Waals surface area (Å²) in [7, 11) is -4.86. The summed E-state index contributed by atoms with van der Waals surface area (Å²) in [6, 6.07) is 5.31. The molecule has 3 rings (SSSR count). The summed E-state index contributed by atoms with van der Waals surface area (Å²) in [6.07, 6.45) is 0.488. The zero-order valence-electron chi connectivity index (χ0n) is 13.4. The molecular weight excluding hydrogens is 368 g/mol. The van der Waals surface area contributed by atoms with Crippen LogP contribution < -0.4 is 10.6 Å².